The van der Waals surface area contributed by atoms with Crippen LogP contribution in [-0.4, -0.2) is 22.2 Å². The Morgan fingerprint density at radius 3 is 2.58 bits per heavy atom. The van der Waals surface area contributed by atoms with Gasteiger partial charge in [-0.3, -0.25) is 10.2 Å². The summed E-state index contributed by atoms with van der Waals surface area (Å²) < 4.78 is 7.93. The maximum absolute atomic E-state index is 13.1. The maximum Gasteiger partial charge on any atom is 0.267 e. The fourth-order valence-electron chi connectivity index (χ4n) is 2.96. The molecule has 0 unspecified atom stereocenters. The molecule has 3 aromatic rings. The molecule has 8 heteroatoms. The predicted molar refractivity (Wildman–Crippen MR) is 134 cm³/mol. The van der Waals surface area contributed by atoms with Crippen molar-refractivity contribution in [1.82, 2.24) is 4.98 Å². The number of hydrogen-bond acceptors (Lipinski definition) is 6. The molecule has 0 bridgehead atoms. The van der Waals surface area contributed by atoms with Crippen LogP contribution < -0.4 is 15.5 Å². The van der Waals surface area contributed by atoms with E-state index >= 15 is 0 Å². The molecular formula is C23H27BrN4O2S. The van der Waals surface area contributed by atoms with E-state index in [9.17, 15) is 4.79 Å². The molecule has 0 saturated heterocycles. The van der Waals surface area contributed by atoms with Crippen LogP contribution in [0.1, 0.15) is 45.2 Å². The van der Waals surface area contributed by atoms with E-state index in [1.165, 1.54) is 11.3 Å². The largest absolute Gasteiger partial charge is 0.478 e. The van der Waals surface area contributed by atoms with Gasteiger partial charge in [0.1, 0.15) is 5.75 Å². The molecule has 31 heavy (non-hydrogen) atoms. The number of carbonyl (C=O) groups excluding carboxylic acids is 1. The molecule has 1 amide bonds. The first kappa shape index (κ1) is 23.2. The highest BCUT2D eigenvalue weighted by Crippen LogP contribution is 2.35. The number of amides is 1. The topological polar surface area (TPSA) is 75.6 Å². The quantitative estimate of drug-likeness (QED) is 0.279. The number of aromatic nitrogens is 1. The van der Waals surface area contributed by atoms with Gasteiger partial charge in [-0.25, -0.2) is 4.98 Å². The minimum absolute atomic E-state index is 0.216. The van der Waals surface area contributed by atoms with Gasteiger partial charge < -0.3 is 10.1 Å². The summed E-state index contributed by atoms with van der Waals surface area (Å²) in [6, 6.07) is 9.41. The molecule has 164 valence electrons. The van der Waals surface area contributed by atoms with Gasteiger partial charge in [-0.2, -0.15) is 5.10 Å². The van der Waals surface area contributed by atoms with Crippen LogP contribution in [-0.2, 0) is 4.79 Å². The monoisotopic (exact) mass is 502 g/mol. The van der Waals surface area contributed by atoms with Crippen molar-refractivity contribution >= 4 is 59.9 Å². The van der Waals surface area contributed by atoms with Gasteiger partial charge in [-0.1, -0.05) is 34.2 Å². The second-order valence-electron chi connectivity index (χ2n) is 7.89. The molecule has 0 fully saturated rings. The van der Waals surface area contributed by atoms with E-state index in [4.69, 9.17) is 4.74 Å². The van der Waals surface area contributed by atoms with Crippen LogP contribution in [0.2, 0.25) is 0 Å². The third-order valence-corrected chi connectivity index (χ3v) is 6.57. The van der Waals surface area contributed by atoms with Gasteiger partial charge in [0.25, 0.3) is 5.91 Å². The molecule has 0 atom stereocenters. The number of rotatable bonds is 7. The fraction of sp³-hybridized carbons (Fsp3) is 0.348. The van der Waals surface area contributed by atoms with Gasteiger partial charge in [0.2, 0.25) is 5.13 Å². The molecule has 0 spiro atoms. The normalized spacial score (nSPS) is 12.2. The summed E-state index contributed by atoms with van der Waals surface area (Å²) in [5.41, 5.74) is 6.59. The first-order valence-electron chi connectivity index (χ1n) is 10.1. The second-order valence-corrected chi connectivity index (χ2v) is 9.81. The van der Waals surface area contributed by atoms with Crippen LogP contribution in [0.5, 0.6) is 5.75 Å². The lowest BCUT2D eigenvalue weighted by Crippen LogP contribution is -2.42. The zero-order valence-electron chi connectivity index (χ0n) is 18.6. The molecular weight excluding hydrogens is 476 g/mol. The van der Waals surface area contributed by atoms with E-state index in [0.29, 0.717) is 5.75 Å². The zero-order chi connectivity index (χ0) is 22.8. The number of benzene rings is 2. The van der Waals surface area contributed by atoms with Gasteiger partial charge in [0.05, 0.1) is 10.2 Å². The van der Waals surface area contributed by atoms with Crippen molar-refractivity contribution in [2.24, 2.45) is 5.10 Å². The number of nitrogens with zero attached hydrogens (tertiary/aromatic N) is 2. The Morgan fingerprint density at radius 1 is 1.26 bits per heavy atom. The number of anilines is 2. The summed E-state index contributed by atoms with van der Waals surface area (Å²) in [4.78, 5) is 17.7. The smallest absolute Gasteiger partial charge is 0.267 e. The number of hydrazone groups is 1. The fourth-order valence-corrected chi connectivity index (χ4v) is 4.11. The van der Waals surface area contributed by atoms with Gasteiger partial charge in [0, 0.05) is 15.9 Å². The molecule has 3 rings (SSSR count). The summed E-state index contributed by atoms with van der Waals surface area (Å²) >= 11 is 4.93. The van der Waals surface area contributed by atoms with E-state index < -0.39 is 5.60 Å². The third-order valence-electron chi connectivity index (χ3n) is 4.94. The Labute approximate surface area is 195 Å². The van der Waals surface area contributed by atoms with Gasteiger partial charge >= 0.3 is 0 Å². The Balaban J connectivity index is 1.84. The van der Waals surface area contributed by atoms with E-state index in [1.54, 1.807) is 13.8 Å². The number of halogens is 1. The molecule has 1 heterocycles. The first-order chi connectivity index (χ1) is 14.6. The second kappa shape index (κ2) is 9.36. The predicted octanol–water partition coefficient (Wildman–Crippen LogP) is 6.67. The van der Waals surface area contributed by atoms with Crippen LogP contribution in [0.15, 0.2) is 39.9 Å². The number of nitrogens with one attached hydrogen (secondary N) is 2. The van der Waals surface area contributed by atoms with Gasteiger partial charge in [-0.15, -0.1) is 0 Å². The lowest BCUT2D eigenvalue weighted by molar-refractivity contribution is -0.128. The highest BCUT2D eigenvalue weighted by atomic mass is 79.9. The molecule has 2 aromatic carbocycles. The number of hydrogen-bond donors (Lipinski definition) is 2. The summed E-state index contributed by atoms with van der Waals surface area (Å²) in [6.45, 7) is 11.5. The van der Waals surface area contributed by atoms with Gasteiger partial charge in [-0.05, 0) is 82.5 Å². The van der Waals surface area contributed by atoms with Crippen molar-refractivity contribution in [2.45, 2.75) is 53.6 Å². The maximum atomic E-state index is 13.1. The van der Waals surface area contributed by atoms with Gasteiger partial charge in [0.15, 0.2) is 5.60 Å². The van der Waals surface area contributed by atoms with Crippen LogP contribution in [0.3, 0.4) is 0 Å². The molecule has 0 aliphatic carbocycles. The Hall–Kier alpha value is -2.45. The third kappa shape index (κ3) is 5.43. The number of fused-ring (bicyclic) bond motifs is 1. The van der Waals surface area contributed by atoms with Crippen molar-refractivity contribution in [3.63, 3.8) is 0 Å². The highest BCUT2D eigenvalue weighted by molar-refractivity contribution is 9.10. The zero-order valence-corrected chi connectivity index (χ0v) is 21.0. The van der Waals surface area contributed by atoms with Crippen molar-refractivity contribution < 1.29 is 9.53 Å². The molecule has 1 aromatic heterocycles. The van der Waals surface area contributed by atoms with Crippen LogP contribution in [0, 0.1) is 13.8 Å². The SMILES string of the molecule is CC/C(C)=N\Nc1nc2cc(C)c(NC(=O)C(C)(C)Oc3ccc(Br)cc3)c(C)c2s1. The first-order valence-corrected chi connectivity index (χ1v) is 11.7. The van der Waals surface area contributed by atoms with Crippen LogP contribution in [0.4, 0.5) is 10.8 Å². The summed E-state index contributed by atoms with van der Waals surface area (Å²) in [7, 11) is 0. The molecule has 0 aliphatic rings. The van der Waals surface area contributed by atoms with E-state index in [-0.39, 0.29) is 5.91 Å². The van der Waals surface area contributed by atoms with Crippen molar-refractivity contribution in [2.75, 3.05) is 10.7 Å². The lowest BCUT2D eigenvalue weighted by Gasteiger charge is -2.26. The Kier molecular flexibility index (Phi) is 7.01. The van der Waals surface area contributed by atoms with E-state index in [2.05, 4.69) is 43.7 Å². The molecule has 0 aliphatic heterocycles. The van der Waals surface area contributed by atoms with Crippen molar-refractivity contribution in [1.29, 1.82) is 0 Å². The summed E-state index contributed by atoms with van der Waals surface area (Å²) in [5, 5.41) is 8.13. The molecule has 0 saturated carbocycles. The minimum Gasteiger partial charge on any atom is -0.478 e. The Bertz CT molecular complexity index is 1140. The summed E-state index contributed by atoms with van der Waals surface area (Å²) in [5.74, 6) is 0.417. The van der Waals surface area contributed by atoms with Crippen molar-refractivity contribution in [3.05, 3.63) is 45.9 Å². The number of thiazole rings is 1. The van der Waals surface area contributed by atoms with Crippen LogP contribution >= 0.6 is 27.3 Å². The van der Waals surface area contributed by atoms with E-state index in [1.807, 2.05) is 51.1 Å². The number of aryl methyl sites for hydroxylation is 2. The van der Waals surface area contributed by atoms with E-state index in [0.717, 1.165) is 48.8 Å². The highest BCUT2D eigenvalue weighted by Gasteiger charge is 2.31. The number of ether oxygens (including phenoxy) is 1. The molecule has 6 nitrogen and oxygen atoms in total. The van der Waals surface area contributed by atoms with Crippen molar-refractivity contribution in [3.8, 4) is 5.75 Å². The minimum atomic E-state index is -1.05. The number of carbonyl (C=O) groups is 1. The summed E-state index contributed by atoms with van der Waals surface area (Å²) in [6.07, 6.45) is 0.879. The van der Waals surface area contributed by atoms with Crippen LogP contribution in [0.25, 0.3) is 10.2 Å². The average Bonchev–Trinajstić information content (AvgIpc) is 3.13. The molecule has 2 N–H and O–H groups in total. The lowest BCUT2D eigenvalue weighted by atomic mass is 10.0. The average molecular weight is 503 g/mol. The molecule has 0 radical (unpaired) electrons. The Morgan fingerprint density at radius 2 is 1.94 bits per heavy atom. The standard InChI is InChI=1S/C23H27BrN4O2S/c1-7-14(3)27-28-22-25-18-12-13(2)19(15(4)20(18)31-22)26-21(29)23(5,6)30-17-10-8-16(24)9-11-17/h8-12H,7H2,1-6H3,(H,25,28)(H,26,29)/b27-14-.